The topological polar surface area (TPSA) is 187 Å². The molecule has 0 saturated heterocycles. The number of carbonyl (C=O) groups is 3. The number of carbonyl (C=O) groups excluding carboxylic acids is 3. The molecule has 44 heavy (non-hydrogen) atoms. The van der Waals surface area contributed by atoms with Gasteiger partial charge in [-0.3, -0.25) is 19.8 Å². The number of aliphatic hydroxyl groups excluding tert-OH is 2. The van der Waals surface area contributed by atoms with E-state index in [1.165, 1.54) is 5.57 Å². The normalized spacial score (nSPS) is 25.1. The molecule has 0 aromatic rings. The predicted molar refractivity (Wildman–Crippen MR) is 171 cm³/mol. The zero-order chi connectivity index (χ0) is 33.0. The van der Waals surface area contributed by atoms with Gasteiger partial charge in [-0.1, -0.05) is 39.0 Å². The second-order valence-corrected chi connectivity index (χ2v) is 13.4. The van der Waals surface area contributed by atoms with E-state index in [1.54, 1.807) is 6.92 Å². The van der Waals surface area contributed by atoms with Crippen molar-refractivity contribution >= 4 is 23.7 Å². The molecule has 2 rings (SSSR count). The molecule has 0 radical (unpaired) electrons. The van der Waals surface area contributed by atoms with E-state index in [4.69, 9.17) is 15.9 Å². The Morgan fingerprint density at radius 1 is 1.14 bits per heavy atom. The van der Waals surface area contributed by atoms with Gasteiger partial charge in [0.1, 0.15) is 12.1 Å². The summed E-state index contributed by atoms with van der Waals surface area (Å²) in [5.41, 5.74) is 5.86. The van der Waals surface area contributed by atoms with Crippen LogP contribution in [-0.2, 0) is 19.1 Å². The van der Waals surface area contributed by atoms with Crippen molar-refractivity contribution in [2.45, 2.75) is 117 Å². The number of hydrogen-bond donors (Lipinski definition) is 7. The average molecular weight is 620 g/mol. The van der Waals surface area contributed by atoms with Crippen LogP contribution in [0.2, 0.25) is 0 Å². The number of allylic oxidation sites excluding steroid dienone is 3. The van der Waals surface area contributed by atoms with Crippen LogP contribution < -0.4 is 21.7 Å². The lowest BCUT2D eigenvalue weighted by atomic mass is 9.65. The number of nitrogens with one attached hydrogen (secondary N) is 4. The molecule has 8 N–H and O–H groups in total. The minimum Gasteiger partial charge on any atom is -0.461 e. The second kappa shape index (κ2) is 17.5. The van der Waals surface area contributed by atoms with Crippen molar-refractivity contribution in [3.05, 3.63) is 23.8 Å². The molecule has 0 unspecified atom stereocenters. The van der Waals surface area contributed by atoms with Gasteiger partial charge < -0.3 is 36.6 Å². The lowest BCUT2D eigenvalue weighted by Crippen LogP contribution is -2.46. The van der Waals surface area contributed by atoms with Crippen molar-refractivity contribution in [2.24, 2.45) is 34.8 Å². The number of rotatable bonds is 17. The molecule has 0 bridgehead atoms. The minimum absolute atomic E-state index is 0.0484. The molecule has 2 aliphatic rings. The number of esters is 1. The van der Waals surface area contributed by atoms with E-state index >= 15 is 0 Å². The van der Waals surface area contributed by atoms with E-state index in [2.05, 4.69) is 48.0 Å². The Bertz CT molecular complexity index is 1040. The van der Waals surface area contributed by atoms with E-state index in [-0.39, 0.29) is 54.5 Å². The summed E-state index contributed by atoms with van der Waals surface area (Å²) < 4.78 is 6.17. The first-order chi connectivity index (χ1) is 20.6. The summed E-state index contributed by atoms with van der Waals surface area (Å²) in [7, 11) is 0. The predicted octanol–water partition coefficient (Wildman–Crippen LogP) is 2.91. The van der Waals surface area contributed by atoms with Gasteiger partial charge in [0.2, 0.25) is 11.8 Å². The Labute approximate surface area is 263 Å². The third-order valence-electron chi connectivity index (χ3n) is 9.08. The number of nitrogens with two attached hydrogens (primary N) is 1. The fourth-order valence-corrected chi connectivity index (χ4v) is 5.98. The van der Waals surface area contributed by atoms with Crippen LogP contribution in [0.4, 0.5) is 0 Å². The van der Waals surface area contributed by atoms with Crippen LogP contribution in [0.1, 0.15) is 92.9 Å². The highest BCUT2D eigenvalue weighted by atomic mass is 16.5. The Hall–Kier alpha value is -2.92. The van der Waals surface area contributed by atoms with Crippen LogP contribution in [0.3, 0.4) is 0 Å². The molecule has 11 heteroatoms. The van der Waals surface area contributed by atoms with Gasteiger partial charge in [-0.05, 0) is 89.0 Å². The first-order valence-electron chi connectivity index (χ1n) is 16.3. The van der Waals surface area contributed by atoms with Crippen molar-refractivity contribution < 1.29 is 29.3 Å². The zero-order valence-electron chi connectivity index (χ0n) is 27.5. The van der Waals surface area contributed by atoms with Crippen molar-refractivity contribution in [1.82, 2.24) is 16.0 Å². The number of hydrogen-bond acceptors (Lipinski definition) is 7. The molecule has 2 aliphatic carbocycles. The third-order valence-corrected chi connectivity index (χ3v) is 9.08. The van der Waals surface area contributed by atoms with Crippen LogP contribution >= 0.6 is 0 Å². The summed E-state index contributed by atoms with van der Waals surface area (Å²) in [5.74, 6) is -0.303. The summed E-state index contributed by atoms with van der Waals surface area (Å²) in [5, 5.41) is 36.5. The fraction of sp³-hybridized carbons (Fsp3) is 0.758. The van der Waals surface area contributed by atoms with Crippen LogP contribution in [0.5, 0.6) is 0 Å². The van der Waals surface area contributed by atoms with Gasteiger partial charge in [0.05, 0.1) is 24.0 Å². The Kier molecular flexibility index (Phi) is 14.9. The summed E-state index contributed by atoms with van der Waals surface area (Å²) in [6.07, 6.45) is 8.39. The molecule has 2 amide bonds. The SMILES string of the molecule is CCC(C)(C)C(=O)O[C@H]1C[C@@H](C)C=C2C=C[C@H](C)[C@@H](CC[C@@H](O)C[C@@H](O)CC(=O)N[C@@H](C)C(=O)NCCCCNC(=N)N)[C@H]21. The fourth-order valence-electron chi connectivity index (χ4n) is 5.98. The highest BCUT2D eigenvalue weighted by Crippen LogP contribution is 2.45. The Morgan fingerprint density at radius 2 is 1.80 bits per heavy atom. The number of amides is 2. The molecule has 0 spiro atoms. The number of guanidine groups is 1. The molecular weight excluding hydrogens is 562 g/mol. The molecule has 0 heterocycles. The number of ether oxygens (including phenoxy) is 1. The maximum Gasteiger partial charge on any atom is 0.311 e. The van der Waals surface area contributed by atoms with Crippen molar-refractivity contribution in [2.75, 3.05) is 13.1 Å². The highest BCUT2D eigenvalue weighted by molar-refractivity contribution is 5.87. The Morgan fingerprint density at radius 3 is 2.43 bits per heavy atom. The van der Waals surface area contributed by atoms with Gasteiger partial charge in [0.25, 0.3) is 0 Å². The van der Waals surface area contributed by atoms with Gasteiger partial charge in [0.15, 0.2) is 5.96 Å². The molecule has 11 nitrogen and oxygen atoms in total. The van der Waals surface area contributed by atoms with Crippen LogP contribution in [0, 0.1) is 34.5 Å². The van der Waals surface area contributed by atoms with Crippen LogP contribution in [-0.4, -0.2) is 71.4 Å². The van der Waals surface area contributed by atoms with Crippen molar-refractivity contribution in [3.63, 3.8) is 0 Å². The van der Waals surface area contributed by atoms with Crippen LogP contribution in [0.15, 0.2) is 23.8 Å². The largest absolute Gasteiger partial charge is 0.461 e. The van der Waals surface area contributed by atoms with Gasteiger partial charge in [-0.25, -0.2) is 0 Å². The van der Waals surface area contributed by atoms with E-state index < -0.39 is 29.6 Å². The molecular formula is C33H57N5O6. The summed E-state index contributed by atoms with van der Waals surface area (Å²) in [4.78, 5) is 37.7. The van der Waals surface area contributed by atoms with E-state index in [0.717, 1.165) is 12.8 Å². The number of fused-ring (bicyclic) bond motifs is 1. The maximum atomic E-state index is 13.0. The molecule has 250 valence electrons. The third kappa shape index (κ3) is 11.9. The van der Waals surface area contributed by atoms with E-state index in [9.17, 15) is 24.6 Å². The van der Waals surface area contributed by atoms with Gasteiger partial charge in [-0.2, -0.15) is 0 Å². The molecule has 0 saturated carbocycles. The number of aliphatic hydroxyl groups is 2. The van der Waals surface area contributed by atoms with E-state index in [0.29, 0.717) is 44.7 Å². The summed E-state index contributed by atoms with van der Waals surface area (Å²) in [6, 6.07) is -0.763. The molecule has 0 aromatic heterocycles. The molecule has 0 fully saturated rings. The monoisotopic (exact) mass is 619 g/mol. The Balaban J connectivity index is 1.84. The summed E-state index contributed by atoms with van der Waals surface area (Å²) in [6.45, 7) is 12.7. The molecule has 0 aliphatic heterocycles. The summed E-state index contributed by atoms with van der Waals surface area (Å²) >= 11 is 0. The van der Waals surface area contributed by atoms with E-state index in [1.807, 2.05) is 20.8 Å². The van der Waals surface area contributed by atoms with Gasteiger partial charge in [0, 0.05) is 19.0 Å². The molecule has 0 aromatic carbocycles. The quantitative estimate of drug-likeness (QED) is 0.0560. The smallest absolute Gasteiger partial charge is 0.311 e. The molecule has 8 atom stereocenters. The average Bonchev–Trinajstić information content (AvgIpc) is 2.93. The zero-order valence-corrected chi connectivity index (χ0v) is 27.5. The lowest BCUT2D eigenvalue weighted by Gasteiger charge is -2.44. The van der Waals surface area contributed by atoms with Crippen molar-refractivity contribution in [3.8, 4) is 0 Å². The standard InChI is InChI=1S/C33H57N5O6/c1-7-33(5,6)31(43)44-27-17-20(2)16-23-11-10-21(3)26(29(23)27)13-12-24(39)18-25(40)19-28(41)38-22(4)30(42)36-14-8-9-15-37-32(34)35/h10-11,16,20-22,24-27,29,39-40H,7-9,12-15,17-19H2,1-6H3,(H,36,42)(H,38,41)(H4,34,35,37)/t20-,21-,22-,24+,25+,26+,27-,29-/m0/s1. The van der Waals surface area contributed by atoms with Gasteiger partial charge >= 0.3 is 5.97 Å². The van der Waals surface area contributed by atoms with Gasteiger partial charge in [-0.15, -0.1) is 0 Å². The maximum absolute atomic E-state index is 13.0. The van der Waals surface area contributed by atoms with Crippen molar-refractivity contribution in [1.29, 1.82) is 5.41 Å². The minimum atomic E-state index is -1.05. The first kappa shape index (κ1) is 37.3. The number of unbranched alkanes of at least 4 members (excludes halogenated alkanes) is 1. The lowest BCUT2D eigenvalue weighted by molar-refractivity contribution is -0.164. The first-order valence-corrected chi connectivity index (χ1v) is 16.3. The second-order valence-electron chi connectivity index (χ2n) is 13.4. The van der Waals surface area contributed by atoms with Crippen LogP contribution in [0.25, 0.3) is 0 Å². The highest BCUT2D eigenvalue weighted by Gasteiger charge is 2.42.